The lowest BCUT2D eigenvalue weighted by atomic mass is 10.1. The van der Waals surface area contributed by atoms with Gasteiger partial charge in [-0.2, -0.15) is 5.10 Å². The van der Waals surface area contributed by atoms with Gasteiger partial charge in [0.05, 0.1) is 31.1 Å². The normalized spacial score (nSPS) is 11.4. The van der Waals surface area contributed by atoms with Crippen molar-refractivity contribution in [1.82, 2.24) is 10.2 Å². The number of hydrogen-bond donors (Lipinski definition) is 3. The lowest BCUT2D eigenvalue weighted by molar-refractivity contribution is 0.0597. The molecule has 0 unspecified atom stereocenters. The molecule has 0 radical (unpaired) electrons. The zero-order valence-electron chi connectivity index (χ0n) is 14.4. The summed E-state index contributed by atoms with van der Waals surface area (Å²) in [6, 6.07) is 12.5. The molecule has 0 aliphatic carbocycles. The number of para-hydroxylation sites is 1. The van der Waals surface area contributed by atoms with E-state index >= 15 is 0 Å². The minimum atomic E-state index is -0.491. The number of aromatic nitrogens is 2. The summed E-state index contributed by atoms with van der Waals surface area (Å²) in [7, 11) is 2.77. The molecule has 2 aromatic carbocycles. The number of hydrogen-bond acceptors (Lipinski definition) is 7. The van der Waals surface area contributed by atoms with Gasteiger partial charge in [0.15, 0.2) is 0 Å². The molecule has 0 aliphatic heterocycles. The van der Waals surface area contributed by atoms with Crippen LogP contribution in [0.5, 0.6) is 5.75 Å². The van der Waals surface area contributed by atoms with Gasteiger partial charge in [-0.15, -0.1) is 0 Å². The van der Waals surface area contributed by atoms with E-state index in [-0.39, 0.29) is 0 Å². The third-order valence-corrected chi connectivity index (χ3v) is 3.91. The van der Waals surface area contributed by atoms with Crippen LogP contribution >= 0.6 is 0 Å². The predicted molar refractivity (Wildman–Crippen MR) is 99.3 cm³/mol. The molecular weight excluding hydrogens is 334 g/mol. The van der Waals surface area contributed by atoms with Crippen LogP contribution in [0, 0.1) is 0 Å². The van der Waals surface area contributed by atoms with Gasteiger partial charge < -0.3 is 15.2 Å². The first-order valence-corrected chi connectivity index (χ1v) is 7.76. The number of carbonyl (C=O) groups excluding carboxylic acids is 1. The first-order chi connectivity index (χ1) is 12.5. The molecule has 0 bridgehead atoms. The van der Waals surface area contributed by atoms with Crippen LogP contribution in [0.25, 0.3) is 16.6 Å². The molecule has 0 fully saturated rings. The minimum Gasteiger partial charge on any atom is -0.496 e. The highest BCUT2D eigenvalue weighted by atomic mass is 16.5. The highest BCUT2D eigenvalue weighted by molar-refractivity contribution is 5.93. The monoisotopic (exact) mass is 353 g/mol. The molecular formula is C18H19N5O3. The van der Waals surface area contributed by atoms with E-state index in [0.717, 1.165) is 10.9 Å². The largest absolute Gasteiger partial charge is 0.496 e. The van der Waals surface area contributed by atoms with Crippen LogP contribution in [0.4, 0.5) is 5.69 Å². The van der Waals surface area contributed by atoms with Crippen LogP contribution in [0.1, 0.15) is 16.1 Å². The van der Waals surface area contributed by atoms with Gasteiger partial charge in [0, 0.05) is 17.7 Å². The van der Waals surface area contributed by atoms with Gasteiger partial charge in [-0.05, 0) is 18.2 Å². The number of aromatic amines is 1. The van der Waals surface area contributed by atoms with Crippen molar-refractivity contribution in [3.05, 3.63) is 59.9 Å². The maximum atomic E-state index is 11.7. The number of rotatable bonds is 5. The van der Waals surface area contributed by atoms with Crippen molar-refractivity contribution in [2.24, 2.45) is 11.6 Å². The number of nitrogens with zero attached hydrogens (tertiary/aromatic N) is 2. The Morgan fingerprint density at radius 1 is 1.23 bits per heavy atom. The lowest BCUT2D eigenvalue weighted by Crippen LogP contribution is -2.26. The van der Waals surface area contributed by atoms with Crippen LogP contribution in [-0.4, -0.2) is 30.4 Å². The Balaban J connectivity index is 1.92. The summed E-state index contributed by atoms with van der Waals surface area (Å²) in [5.74, 6) is 5.95. The molecule has 8 nitrogen and oxygen atoms in total. The van der Waals surface area contributed by atoms with E-state index in [9.17, 15) is 4.79 Å². The number of ether oxygens (including phenoxy) is 2. The summed E-state index contributed by atoms with van der Waals surface area (Å²) < 4.78 is 9.97. The van der Waals surface area contributed by atoms with Gasteiger partial charge in [-0.1, -0.05) is 18.2 Å². The second-order valence-corrected chi connectivity index (χ2v) is 5.49. The van der Waals surface area contributed by atoms with Crippen molar-refractivity contribution in [2.75, 3.05) is 19.2 Å². The number of methoxy groups -OCH3 is 2. The zero-order chi connectivity index (χ0) is 18.7. The number of hydrazine groups is 1. The average Bonchev–Trinajstić information content (AvgIpc) is 3.11. The van der Waals surface area contributed by atoms with Crippen molar-refractivity contribution < 1.29 is 14.3 Å². The Labute approximate surface area is 150 Å². The number of H-pyrrole nitrogens is 1. The third-order valence-electron chi connectivity index (χ3n) is 3.91. The maximum Gasteiger partial charge on any atom is 0.341 e. The number of nitrogens with one attached hydrogen (secondary N) is 1. The van der Waals surface area contributed by atoms with Crippen LogP contribution in [0.2, 0.25) is 0 Å². The van der Waals surface area contributed by atoms with E-state index in [1.807, 2.05) is 24.3 Å². The number of nitrogens with two attached hydrogens (primary N) is 2. The van der Waals surface area contributed by atoms with Gasteiger partial charge in [0.2, 0.25) is 0 Å². The fourth-order valence-electron chi connectivity index (χ4n) is 2.59. The number of fused-ring (bicyclic) bond motifs is 1. The van der Waals surface area contributed by atoms with Gasteiger partial charge >= 0.3 is 5.97 Å². The molecule has 1 aromatic heterocycles. The first-order valence-electron chi connectivity index (χ1n) is 7.76. The Morgan fingerprint density at radius 3 is 2.73 bits per heavy atom. The van der Waals surface area contributed by atoms with Crippen LogP contribution in [0.3, 0.4) is 0 Å². The molecule has 8 heteroatoms. The molecule has 0 saturated carbocycles. The summed E-state index contributed by atoms with van der Waals surface area (Å²) >= 11 is 0. The van der Waals surface area contributed by atoms with E-state index in [1.54, 1.807) is 24.4 Å². The second-order valence-electron chi connectivity index (χ2n) is 5.49. The summed E-state index contributed by atoms with van der Waals surface area (Å²) in [6.45, 7) is 0. The molecule has 0 aliphatic rings. The topological polar surface area (TPSA) is 119 Å². The molecule has 0 spiro atoms. The number of anilines is 1. The van der Waals surface area contributed by atoms with Crippen LogP contribution in [-0.2, 0) is 4.74 Å². The Kier molecular flexibility index (Phi) is 4.76. The van der Waals surface area contributed by atoms with Gasteiger partial charge in [0.25, 0.3) is 0 Å². The van der Waals surface area contributed by atoms with Crippen LogP contribution in [0.15, 0.2) is 48.7 Å². The second kappa shape index (κ2) is 7.16. The van der Waals surface area contributed by atoms with E-state index in [4.69, 9.17) is 21.1 Å². The molecule has 134 valence electrons. The minimum absolute atomic E-state index is 0.308. The zero-order valence-corrected chi connectivity index (χ0v) is 14.4. The molecule has 0 amide bonds. The Hall–Kier alpha value is -3.52. The van der Waals surface area contributed by atoms with E-state index < -0.39 is 5.97 Å². The third kappa shape index (κ3) is 3.17. The molecule has 3 rings (SSSR count). The van der Waals surface area contributed by atoms with Crippen molar-refractivity contribution >= 4 is 28.3 Å². The Morgan fingerprint density at radius 2 is 2.00 bits per heavy atom. The fraction of sp³-hybridized carbons (Fsp3) is 0.111. The SMILES string of the molecule is COC(=O)c1ccc(N(N)/C=C(\N)c2n[nH]c3ccccc23)cc1OC. The van der Waals surface area contributed by atoms with Gasteiger partial charge in [0.1, 0.15) is 17.0 Å². The molecule has 0 saturated heterocycles. The van der Waals surface area contributed by atoms with E-state index in [1.165, 1.54) is 19.2 Å². The van der Waals surface area contributed by atoms with E-state index in [0.29, 0.717) is 28.4 Å². The first kappa shape index (κ1) is 17.3. The van der Waals surface area contributed by atoms with Crippen molar-refractivity contribution in [3.8, 4) is 5.75 Å². The number of benzene rings is 2. The van der Waals surface area contributed by atoms with E-state index in [2.05, 4.69) is 10.2 Å². The maximum absolute atomic E-state index is 11.7. The highest BCUT2D eigenvalue weighted by Crippen LogP contribution is 2.26. The molecule has 3 aromatic rings. The lowest BCUT2D eigenvalue weighted by Gasteiger charge is -2.17. The molecule has 5 N–H and O–H groups in total. The van der Waals surface area contributed by atoms with Crippen molar-refractivity contribution in [1.29, 1.82) is 0 Å². The molecule has 26 heavy (non-hydrogen) atoms. The highest BCUT2D eigenvalue weighted by Gasteiger charge is 2.15. The number of carbonyl (C=O) groups is 1. The molecule has 0 atom stereocenters. The summed E-state index contributed by atoms with van der Waals surface area (Å²) in [5, 5.41) is 9.40. The summed E-state index contributed by atoms with van der Waals surface area (Å²) in [6.07, 6.45) is 1.55. The van der Waals surface area contributed by atoms with Crippen molar-refractivity contribution in [2.45, 2.75) is 0 Å². The average molecular weight is 353 g/mol. The fourth-order valence-corrected chi connectivity index (χ4v) is 2.59. The van der Waals surface area contributed by atoms with Crippen LogP contribution < -0.4 is 21.3 Å². The summed E-state index contributed by atoms with van der Waals surface area (Å²) in [4.78, 5) is 11.7. The smallest absolute Gasteiger partial charge is 0.341 e. The number of esters is 1. The summed E-state index contributed by atoms with van der Waals surface area (Å²) in [5.41, 5.74) is 8.93. The van der Waals surface area contributed by atoms with Gasteiger partial charge in [-0.3, -0.25) is 10.1 Å². The quantitative estimate of drug-likeness (QED) is 0.364. The molecule has 1 heterocycles. The predicted octanol–water partition coefficient (Wildman–Crippen LogP) is 2.00. The Bertz CT molecular complexity index is 980. The standard InChI is InChI=1S/C18H19N5O3/c1-25-16-9-11(7-8-13(16)18(24)26-2)23(20)10-14(19)17-12-5-3-4-6-15(12)21-22-17/h3-10H,19-20H2,1-2H3,(H,21,22)/b14-10-. The van der Waals surface area contributed by atoms with Crippen molar-refractivity contribution in [3.63, 3.8) is 0 Å². The van der Waals surface area contributed by atoms with Gasteiger partial charge in [-0.25, -0.2) is 10.6 Å².